The number of esters is 1. The molecule has 0 atom stereocenters. The Morgan fingerprint density at radius 1 is 1.30 bits per heavy atom. The molecule has 6 heteroatoms. The largest absolute Gasteiger partial charge is 0.507 e. The van der Waals surface area contributed by atoms with Gasteiger partial charge in [0.25, 0.3) is 0 Å². The average Bonchev–Trinajstić information content (AvgIpc) is 2.37. The molecule has 0 spiro atoms. The highest BCUT2D eigenvalue weighted by molar-refractivity contribution is 6.04. The van der Waals surface area contributed by atoms with E-state index in [0.717, 1.165) is 5.57 Å². The molecule has 1 rings (SSSR count). The number of rotatable bonds is 7. The van der Waals surface area contributed by atoms with E-state index in [1.165, 1.54) is 18.2 Å². The molecule has 0 radical (unpaired) electrons. The molecule has 0 unspecified atom stereocenters. The van der Waals surface area contributed by atoms with Gasteiger partial charge in [-0.05, 0) is 19.1 Å². The van der Waals surface area contributed by atoms with E-state index in [0.29, 0.717) is 6.61 Å². The Balaban J connectivity index is 2.64. The van der Waals surface area contributed by atoms with Gasteiger partial charge in [-0.1, -0.05) is 18.2 Å². The van der Waals surface area contributed by atoms with E-state index in [2.05, 4.69) is 6.58 Å². The molecule has 0 fully saturated rings. The zero-order chi connectivity index (χ0) is 15.1. The number of carbonyl (C=O) groups is 2. The van der Waals surface area contributed by atoms with Crippen molar-refractivity contribution < 1.29 is 29.3 Å². The van der Waals surface area contributed by atoms with Crippen LogP contribution in [0.4, 0.5) is 0 Å². The molecule has 108 valence electrons. The topological polar surface area (TPSA) is 93.1 Å². The van der Waals surface area contributed by atoms with E-state index in [1.54, 1.807) is 6.92 Å². The van der Waals surface area contributed by atoms with Gasteiger partial charge in [0.15, 0.2) is 0 Å². The third kappa shape index (κ3) is 4.40. The lowest BCUT2D eigenvalue weighted by Gasteiger charge is -2.09. The summed E-state index contributed by atoms with van der Waals surface area (Å²) in [7, 11) is 0. The summed E-state index contributed by atoms with van der Waals surface area (Å²) >= 11 is 0. The lowest BCUT2D eigenvalue weighted by Crippen LogP contribution is -2.15. The summed E-state index contributed by atoms with van der Waals surface area (Å²) < 4.78 is 10.00. The Bertz CT molecular complexity index is 520. The monoisotopic (exact) mass is 280 g/mol. The number of benzene rings is 1. The Kier molecular flexibility index (Phi) is 5.74. The molecule has 2 N–H and O–H groups in total. The summed E-state index contributed by atoms with van der Waals surface area (Å²) in [5.74, 6) is -2.65. The van der Waals surface area contributed by atoms with Crippen molar-refractivity contribution in [1.82, 2.24) is 0 Å². The van der Waals surface area contributed by atoms with Crippen molar-refractivity contribution in [2.75, 3.05) is 19.8 Å². The van der Waals surface area contributed by atoms with Crippen molar-refractivity contribution in [3.8, 4) is 5.75 Å². The maximum atomic E-state index is 11.8. The number of aromatic carboxylic acids is 1. The second kappa shape index (κ2) is 7.30. The minimum Gasteiger partial charge on any atom is -0.507 e. The predicted octanol–water partition coefficient (Wildman–Crippen LogP) is 1.84. The van der Waals surface area contributed by atoms with Crippen LogP contribution in [-0.4, -0.2) is 42.0 Å². The lowest BCUT2D eigenvalue weighted by molar-refractivity contribution is 0.0339. The zero-order valence-corrected chi connectivity index (χ0v) is 11.1. The minimum atomic E-state index is -1.31. The van der Waals surface area contributed by atoms with Crippen molar-refractivity contribution in [2.45, 2.75) is 6.92 Å². The fourth-order valence-electron chi connectivity index (χ4n) is 1.44. The fourth-order valence-corrected chi connectivity index (χ4v) is 1.44. The molecular weight excluding hydrogens is 264 g/mol. The number of hydrogen-bond acceptors (Lipinski definition) is 5. The minimum absolute atomic E-state index is 0.0422. The Morgan fingerprint density at radius 3 is 2.60 bits per heavy atom. The fraction of sp³-hybridized carbons (Fsp3) is 0.286. The number of carboxylic acids is 1. The molecule has 0 aliphatic heterocycles. The van der Waals surface area contributed by atoms with Gasteiger partial charge in [0.05, 0.1) is 18.8 Å². The first-order valence-electron chi connectivity index (χ1n) is 5.88. The highest BCUT2D eigenvalue weighted by Gasteiger charge is 2.21. The zero-order valence-electron chi connectivity index (χ0n) is 11.1. The van der Waals surface area contributed by atoms with Crippen LogP contribution in [0, 0.1) is 0 Å². The van der Waals surface area contributed by atoms with Gasteiger partial charge in [0, 0.05) is 0 Å². The molecule has 1 aromatic carbocycles. The molecule has 0 aliphatic carbocycles. The summed E-state index contributed by atoms with van der Waals surface area (Å²) in [6.45, 7) is 5.92. The van der Waals surface area contributed by atoms with Gasteiger partial charge in [0.2, 0.25) is 0 Å². The second-order valence-electron chi connectivity index (χ2n) is 4.15. The number of hydrogen-bond donors (Lipinski definition) is 2. The van der Waals surface area contributed by atoms with Crippen LogP contribution in [-0.2, 0) is 9.47 Å². The maximum absolute atomic E-state index is 11.8. The molecule has 0 aliphatic rings. The third-order valence-corrected chi connectivity index (χ3v) is 2.29. The Labute approximate surface area is 116 Å². The smallest absolute Gasteiger partial charge is 0.342 e. The van der Waals surface area contributed by atoms with Gasteiger partial charge >= 0.3 is 11.9 Å². The van der Waals surface area contributed by atoms with Crippen LogP contribution < -0.4 is 0 Å². The predicted molar refractivity (Wildman–Crippen MR) is 71.0 cm³/mol. The quantitative estimate of drug-likeness (QED) is 0.449. The highest BCUT2D eigenvalue weighted by Crippen LogP contribution is 2.22. The number of aromatic hydroxyl groups is 1. The SMILES string of the molecule is C=C(C)COCCOC(=O)c1c(O)cccc1C(=O)O. The second-order valence-corrected chi connectivity index (χ2v) is 4.15. The van der Waals surface area contributed by atoms with Gasteiger partial charge in [-0.3, -0.25) is 0 Å². The van der Waals surface area contributed by atoms with Crippen LogP contribution >= 0.6 is 0 Å². The van der Waals surface area contributed by atoms with Gasteiger partial charge in [0.1, 0.15) is 17.9 Å². The molecule has 0 saturated heterocycles. The van der Waals surface area contributed by atoms with Crippen molar-refractivity contribution in [2.24, 2.45) is 0 Å². The van der Waals surface area contributed by atoms with E-state index in [4.69, 9.17) is 14.6 Å². The Hall–Kier alpha value is -2.34. The van der Waals surface area contributed by atoms with E-state index < -0.39 is 17.7 Å². The van der Waals surface area contributed by atoms with E-state index in [-0.39, 0.29) is 24.3 Å². The molecule has 0 amide bonds. The van der Waals surface area contributed by atoms with Crippen LogP contribution in [0.2, 0.25) is 0 Å². The third-order valence-electron chi connectivity index (χ3n) is 2.29. The van der Waals surface area contributed by atoms with Gasteiger partial charge in [-0.25, -0.2) is 9.59 Å². The van der Waals surface area contributed by atoms with Gasteiger partial charge in [-0.15, -0.1) is 0 Å². The summed E-state index contributed by atoms with van der Waals surface area (Å²) in [5, 5.41) is 18.5. The summed E-state index contributed by atoms with van der Waals surface area (Å²) in [4.78, 5) is 22.7. The summed E-state index contributed by atoms with van der Waals surface area (Å²) in [6, 6.07) is 3.78. The lowest BCUT2D eigenvalue weighted by atomic mass is 10.1. The molecule has 0 aromatic heterocycles. The normalized spacial score (nSPS) is 10.1. The molecule has 0 heterocycles. The number of carbonyl (C=O) groups excluding carboxylic acids is 1. The van der Waals surface area contributed by atoms with Crippen molar-refractivity contribution in [3.63, 3.8) is 0 Å². The van der Waals surface area contributed by atoms with Crippen molar-refractivity contribution in [3.05, 3.63) is 41.5 Å². The first-order valence-corrected chi connectivity index (χ1v) is 5.88. The highest BCUT2D eigenvalue weighted by atomic mass is 16.6. The maximum Gasteiger partial charge on any atom is 0.342 e. The summed E-state index contributed by atoms with van der Waals surface area (Å²) in [6.07, 6.45) is 0. The molecule has 6 nitrogen and oxygen atoms in total. The number of ether oxygens (including phenoxy) is 2. The van der Waals surface area contributed by atoms with Gasteiger partial charge in [-0.2, -0.15) is 0 Å². The van der Waals surface area contributed by atoms with Crippen LogP contribution in [0.3, 0.4) is 0 Å². The molecular formula is C14H16O6. The van der Waals surface area contributed by atoms with Crippen molar-refractivity contribution >= 4 is 11.9 Å². The molecule has 1 aromatic rings. The van der Waals surface area contributed by atoms with Crippen LogP contribution in [0.1, 0.15) is 27.6 Å². The first-order chi connectivity index (χ1) is 9.43. The molecule has 20 heavy (non-hydrogen) atoms. The first kappa shape index (κ1) is 15.7. The van der Waals surface area contributed by atoms with E-state index >= 15 is 0 Å². The van der Waals surface area contributed by atoms with E-state index in [1.807, 2.05) is 0 Å². The Morgan fingerprint density at radius 2 is 2.00 bits per heavy atom. The van der Waals surface area contributed by atoms with E-state index in [9.17, 15) is 14.7 Å². The number of phenolic OH excluding ortho intramolecular Hbond substituents is 1. The average molecular weight is 280 g/mol. The van der Waals surface area contributed by atoms with Crippen LogP contribution in [0.15, 0.2) is 30.4 Å². The van der Waals surface area contributed by atoms with Crippen LogP contribution in [0.5, 0.6) is 5.75 Å². The molecule has 0 bridgehead atoms. The van der Waals surface area contributed by atoms with Crippen molar-refractivity contribution in [1.29, 1.82) is 0 Å². The van der Waals surface area contributed by atoms with Gasteiger partial charge < -0.3 is 19.7 Å². The molecule has 0 saturated carbocycles. The standard InChI is InChI=1S/C14H16O6/c1-9(2)8-19-6-7-20-14(18)12-10(13(16)17)4-3-5-11(12)15/h3-5,15H,1,6-8H2,2H3,(H,16,17). The summed E-state index contributed by atoms with van der Waals surface area (Å²) in [5.41, 5.74) is 0.169. The number of carboxylic acid groups (broad SMARTS) is 1. The van der Waals surface area contributed by atoms with Crippen LogP contribution in [0.25, 0.3) is 0 Å². The number of phenols is 1.